The Morgan fingerprint density at radius 2 is 2.17 bits per heavy atom. The van der Waals surface area contributed by atoms with Crippen molar-refractivity contribution in [1.29, 1.82) is 5.26 Å². The molecule has 18 heavy (non-hydrogen) atoms. The molecule has 0 aromatic rings. The third-order valence-electron chi connectivity index (χ3n) is 4.19. The van der Waals surface area contributed by atoms with Crippen molar-refractivity contribution in [3.8, 4) is 6.07 Å². The monoisotopic (exact) mass is 251 g/mol. The Morgan fingerprint density at radius 3 is 2.72 bits per heavy atom. The lowest BCUT2D eigenvalue weighted by atomic mass is 9.92. The van der Waals surface area contributed by atoms with Crippen molar-refractivity contribution in [3.63, 3.8) is 0 Å². The van der Waals surface area contributed by atoms with Crippen LogP contribution in [0.4, 0.5) is 0 Å². The molecule has 1 heterocycles. The Balaban J connectivity index is 2.40. The largest absolute Gasteiger partial charge is 0.301 e. The topological polar surface area (TPSA) is 39.1 Å². The summed E-state index contributed by atoms with van der Waals surface area (Å²) < 4.78 is 0. The summed E-state index contributed by atoms with van der Waals surface area (Å²) in [6, 6.07) is 3.11. The van der Waals surface area contributed by atoms with Crippen molar-refractivity contribution in [3.05, 3.63) is 0 Å². The summed E-state index contributed by atoms with van der Waals surface area (Å²) in [7, 11) is 0. The lowest BCUT2D eigenvalue weighted by Gasteiger charge is -2.38. The number of nitrogens with zero attached hydrogens (tertiary/aromatic N) is 2. The highest BCUT2D eigenvalue weighted by atomic mass is 15.2. The second-order valence-electron chi connectivity index (χ2n) is 6.14. The maximum atomic E-state index is 9.32. The molecule has 1 fully saturated rings. The van der Waals surface area contributed by atoms with E-state index in [0.717, 1.165) is 31.8 Å². The zero-order valence-corrected chi connectivity index (χ0v) is 12.5. The molecule has 0 aromatic carbocycles. The van der Waals surface area contributed by atoms with Gasteiger partial charge in [0.05, 0.1) is 6.07 Å². The first kappa shape index (κ1) is 15.5. The first-order chi connectivity index (χ1) is 8.50. The summed E-state index contributed by atoms with van der Waals surface area (Å²) in [5.74, 6) is 0.858. The minimum absolute atomic E-state index is 0.362. The molecule has 1 rings (SSSR count). The van der Waals surface area contributed by atoms with Crippen molar-refractivity contribution in [1.82, 2.24) is 10.2 Å². The first-order valence-corrected chi connectivity index (χ1v) is 7.41. The molecule has 1 N–H and O–H groups in total. The van der Waals surface area contributed by atoms with E-state index in [0.29, 0.717) is 6.04 Å². The summed E-state index contributed by atoms with van der Waals surface area (Å²) in [5, 5.41) is 12.7. The van der Waals surface area contributed by atoms with Gasteiger partial charge in [-0.1, -0.05) is 13.8 Å². The maximum absolute atomic E-state index is 9.32. The summed E-state index contributed by atoms with van der Waals surface area (Å²) in [6.45, 7) is 12.0. The van der Waals surface area contributed by atoms with Crippen molar-refractivity contribution in [2.24, 2.45) is 5.92 Å². The second kappa shape index (κ2) is 7.11. The molecule has 0 saturated carbocycles. The van der Waals surface area contributed by atoms with Crippen molar-refractivity contribution in [2.75, 3.05) is 19.6 Å². The Kier molecular flexibility index (Phi) is 6.11. The fourth-order valence-electron chi connectivity index (χ4n) is 2.74. The van der Waals surface area contributed by atoms with Gasteiger partial charge < -0.3 is 4.90 Å². The first-order valence-electron chi connectivity index (χ1n) is 7.41. The molecule has 1 aliphatic heterocycles. The van der Waals surface area contributed by atoms with Crippen LogP contribution in [0.15, 0.2) is 0 Å². The molecule has 3 heteroatoms. The fraction of sp³-hybridized carbons (Fsp3) is 0.933. The van der Waals surface area contributed by atoms with E-state index in [-0.39, 0.29) is 5.54 Å². The maximum Gasteiger partial charge on any atom is 0.105 e. The van der Waals surface area contributed by atoms with Gasteiger partial charge in [0.25, 0.3) is 0 Å². The van der Waals surface area contributed by atoms with Crippen LogP contribution in [0, 0.1) is 17.2 Å². The smallest absolute Gasteiger partial charge is 0.105 e. The van der Waals surface area contributed by atoms with Crippen molar-refractivity contribution in [2.45, 2.75) is 65.0 Å². The molecular weight excluding hydrogens is 222 g/mol. The number of hydrogen-bond acceptors (Lipinski definition) is 3. The molecule has 1 aliphatic rings. The van der Waals surface area contributed by atoms with Gasteiger partial charge >= 0.3 is 0 Å². The number of likely N-dealkylation sites (tertiary alicyclic amines) is 1. The van der Waals surface area contributed by atoms with Crippen LogP contribution in [0.1, 0.15) is 53.4 Å². The van der Waals surface area contributed by atoms with Crippen molar-refractivity contribution >= 4 is 0 Å². The number of piperidine rings is 1. The van der Waals surface area contributed by atoms with Crippen LogP contribution in [-0.2, 0) is 0 Å². The quantitative estimate of drug-likeness (QED) is 0.789. The van der Waals surface area contributed by atoms with Gasteiger partial charge in [-0.2, -0.15) is 5.26 Å². The van der Waals surface area contributed by atoms with Gasteiger partial charge in [0.15, 0.2) is 0 Å². The second-order valence-corrected chi connectivity index (χ2v) is 6.14. The van der Waals surface area contributed by atoms with Crippen LogP contribution in [-0.4, -0.2) is 36.1 Å². The zero-order chi connectivity index (χ0) is 13.6. The molecule has 0 bridgehead atoms. The summed E-state index contributed by atoms with van der Waals surface area (Å²) in [6.07, 6.45) is 4.60. The van der Waals surface area contributed by atoms with Gasteiger partial charge in [-0.15, -0.1) is 0 Å². The minimum atomic E-state index is -0.362. The van der Waals surface area contributed by atoms with Gasteiger partial charge in [0.1, 0.15) is 5.54 Å². The Hall–Kier alpha value is -0.590. The van der Waals surface area contributed by atoms with E-state index < -0.39 is 0 Å². The summed E-state index contributed by atoms with van der Waals surface area (Å²) in [5.41, 5.74) is -0.362. The van der Waals surface area contributed by atoms with Crippen LogP contribution < -0.4 is 5.32 Å². The number of nitriles is 1. The highest BCUT2D eigenvalue weighted by Crippen LogP contribution is 2.23. The average Bonchev–Trinajstić information content (AvgIpc) is 2.35. The summed E-state index contributed by atoms with van der Waals surface area (Å²) in [4.78, 5) is 2.54. The van der Waals surface area contributed by atoms with E-state index in [1.807, 2.05) is 6.92 Å². The number of nitrogens with one attached hydrogen (secondary N) is 1. The molecule has 0 radical (unpaired) electrons. The van der Waals surface area contributed by atoms with Gasteiger partial charge in [-0.3, -0.25) is 5.32 Å². The van der Waals surface area contributed by atoms with Crippen LogP contribution in [0.25, 0.3) is 0 Å². The zero-order valence-electron chi connectivity index (χ0n) is 12.5. The Labute approximate surface area is 113 Å². The van der Waals surface area contributed by atoms with Gasteiger partial charge in [-0.25, -0.2) is 0 Å². The Morgan fingerprint density at radius 1 is 1.44 bits per heavy atom. The van der Waals surface area contributed by atoms with Gasteiger partial charge in [0, 0.05) is 12.6 Å². The van der Waals surface area contributed by atoms with Gasteiger partial charge in [0.2, 0.25) is 0 Å². The fourth-order valence-corrected chi connectivity index (χ4v) is 2.74. The number of hydrogen-bond donors (Lipinski definition) is 1. The molecule has 0 spiro atoms. The van der Waals surface area contributed by atoms with E-state index in [1.54, 1.807) is 0 Å². The van der Waals surface area contributed by atoms with Crippen LogP contribution in [0.2, 0.25) is 0 Å². The molecule has 0 amide bonds. The van der Waals surface area contributed by atoms with Gasteiger partial charge in [-0.05, 0) is 58.5 Å². The highest BCUT2D eigenvalue weighted by Gasteiger charge is 2.27. The van der Waals surface area contributed by atoms with E-state index in [4.69, 9.17) is 0 Å². The number of rotatable bonds is 6. The van der Waals surface area contributed by atoms with Crippen LogP contribution in [0.3, 0.4) is 0 Å². The van der Waals surface area contributed by atoms with Crippen LogP contribution >= 0.6 is 0 Å². The molecule has 3 nitrogen and oxygen atoms in total. The van der Waals surface area contributed by atoms with E-state index in [1.165, 1.54) is 19.4 Å². The SMILES string of the molecule is CCCNC(C)(C#N)CCN1CCC(C)CC1C. The standard InChI is InChI=1S/C15H29N3/c1-5-8-17-15(4,12-16)7-10-18-9-6-13(2)11-14(18)3/h13-14,17H,5-11H2,1-4H3. The highest BCUT2D eigenvalue weighted by molar-refractivity contribution is 5.04. The summed E-state index contributed by atoms with van der Waals surface area (Å²) >= 11 is 0. The molecule has 3 unspecified atom stereocenters. The van der Waals surface area contributed by atoms with E-state index >= 15 is 0 Å². The van der Waals surface area contributed by atoms with Crippen LogP contribution in [0.5, 0.6) is 0 Å². The van der Waals surface area contributed by atoms with E-state index in [9.17, 15) is 5.26 Å². The molecule has 1 saturated heterocycles. The normalized spacial score (nSPS) is 28.6. The Bertz CT molecular complexity index is 284. The lowest BCUT2D eigenvalue weighted by molar-refractivity contribution is 0.120. The van der Waals surface area contributed by atoms with E-state index in [2.05, 4.69) is 37.1 Å². The molecular formula is C15H29N3. The molecule has 0 aliphatic carbocycles. The predicted octanol–water partition coefficient (Wildman–Crippen LogP) is 2.78. The lowest BCUT2D eigenvalue weighted by Crippen LogP contribution is -2.47. The predicted molar refractivity (Wildman–Crippen MR) is 76.4 cm³/mol. The third-order valence-corrected chi connectivity index (χ3v) is 4.19. The average molecular weight is 251 g/mol. The molecule has 3 atom stereocenters. The minimum Gasteiger partial charge on any atom is -0.301 e. The molecule has 104 valence electrons. The third kappa shape index (κ3) is 4.59. The molecule has 0 aromatic heterocycles. The van der Waals surface area contributed by atoms with Crippen molar-refractivity contribution < 1.29 is 0 Å².